The van der Waals surface area contributed by atoms with Crippen LogP contribution in [0.5, 0.6) is 0 Å². The van der Waals surface area contributed by atoms with Crippen molar-refractivity contribution in [1.82, 2.24) is 9.78 Å². The Balaban J connectivity index is 1.87. The molecule has 2 aromatic rings. The van der Waals surface area contributed by atoms with Gasteiger partial charge in [0.05, 0.1) is 16.9 Å². The van der Waals surface area contributed by atoms with E-state index in [1.54, 1.807) is 11.8 Å². The smallest absolute Gasteiger partial charge is 0.358 e. The minimum Gasteiger partial charge on any atom is -0.358 e. The lowest BCUT2D eigenvalue weighted by Crippen LogP contribution is -2.44. The molecule has 1 unspecified atom stereocenters. The van der Waals surface area contributed by atoms with Crippen LogP contribution in [0.15, 0.2) is 30.3 Å². The molecule has 0 radical (unpaired) electrons. The highest BCUT2D eigenvalue weighted by atomic mass is 16.6. The van der Waals surface area contributed by atoms with Crippen molar-refractivity contribution >= 4 is 17.4 Å². The van der Waals surface area contributed by atoms with Gasteiger partial charge in [0, 0.05) is 11.7 Å². The van der Waals surface area contributed by atoms with Crippen LogP contribution < -0.4 is 4.90 Å². The molecule has 7 heteroatoms. The molecule has 0 fully saturated rings. The molecule has 1 aromatic heterocycles. The number of benzene rings is 1. The van der Waals surface area contributed by atoms with Gasteiger partial charge in [-0.15, -0.1) is 0 Å². The summed E-state index contributed by atoms with van der Waals surface area (Å²) in [6.07, 6.45) is 1.86. The van der Waals surface area contributed by atoms with Crippen molar-refractivity contribution in [3.05, 3.63) is 51.7 Å². The summed E-state index contributed by atoms with van der Waals surface area (Å²) < 4.78 is 1.39. The number of aromatic nitrogens is 2. The van der Waals surface area contributed by atoms with Gasteiger partial charge >= 0.3 is 5.82 Å². The Morgan fingerprint density at radius 2 is 2.17 bits per heavy atom. The van der Waals surface area contributed by atoms with Crippen LogP contribution in [-0.2, 0) is 17.8 Å². The second kappa shape index (κ2) is 5.83. The second-order valence-electron chi connectivity index (χ2n) is 5.84. The van der Waals surface area contributed by atoms with Gasteiger partial charge in [-0.3, -0.25) is 4.79 Å². The Kier molecular flexibility index (Phi) is 3.85. The van der Waals surface area contributed by atoms with Crippen LogP contribution in [0, 0.1) is 17.0 Å². The first-order valence-electron chi connectivity index (χ1n) is 7.56. The molecule has 0 N–H and O–H groups in total. The third kappa shape index (κ3) is 2.81. The summed E-state index contributed by atoms with van der Waals surface area (Å²) >= 11 is 0. The molecule has 0 saturated heterocycles. The van der Waals surface area contributed by atoms with E-state index in [2.05, 4.69) is 5.10 Å². The number of carbonyl (C=O) groups is 1. The van der Waals surface area contributed by atoms with Crippen molar-refractivity contribution in [2.75, 3.05) is 4.90 Å². The Morgan fingerprint density at radius 1 is 1.43 bits per heavy atom. The number of carbonyl (C=O) groups excluding carboxylic acids is 1. The lowest BCUT2D eigenvalue weighted by molar-refractivity contribution is -0.389. The zero-order valence-corrected chi connectivity index (χ0v) is 13.1. The maximum Gasteiger partial charge on any atom is 0.390 e. The molecule has 1 aromatic carbocycles. The van der Waals surface area contributed by atoms with E-state index in [1.807, 2.05) is 31.2 Å². The number of aryl methyl sites for hydroxylation is 2. The van der Waals surface area contributed by atoms with Crippen molar-refractivity contribution in [2.24, 2.45) is 0 Å². The molecule has 1 aliphatic rings. The van der Waals surface area contributed by atoms with Gasteiger partial charge in [-0.1, -0.05) is 18.2 Å². The normalized spacial score (nSPS) is 17.0. The van der Waals surface area contributed by atoms with Gasteiger partial charge in [-0.05, 0) is 43.2 Å². The lowest BCUT2D eigenvalue weighted by atomic mass is 9.96. The quantitative estimate of drug-likeness (QED) is 0.644. The minimum atomic E-state index is -0.549. The highest BCUT2D eigenvalue weighted by Gasteiger charge is 2.29. The van der Waals surface area contributed by atoms with Gasteiger partial charge in [0.1, 0.15) is 6.54 Å². The lowest BCUT2D eigenvalue weighted by Gasteiger charge is -2.35. The summed E-state index contributed by atoms with van der Waals surface area (Å²) in [5, 5.41) is 14.7. The Morgan fingerprint density at radius 3 is 2.87 bits per heavy atom. The molecule has 1 atom stereocenters. The van der Waals surface area contributed by atoms with E-state index in [0.29, 0.717) is 5.69 Å². The molecule has 0 aliphatic carbocycles. The van der Waals surface area contributed by atoms with Crippen molar-refractivity contribution in [3.63, 3.8) is 0 Å². The number of hydrogen-bond donors (Lipinski definition) is 0. The van der Waals surface area contributed by atoms with E-state index < -0.39 is 4.92 Å². The summed E-state index contributed by atoms with van der Waals surface area (Å²) in [6, 6.07) is 9.34. The molecule has 3 rings (SSSR count). The fourth-order valence-electron chi connectivity index (χ4n) is 3.01. The van der Waals surface area contributed by atoms with Crippen LogP contribution in [-0.4, -0.2) is 26.7 Å². The van der Waals surface area contributed by atoms with Gasteiger partial charge < -0.3 is 15.0 Å². The number of para-hydroxylation sites is 1. The zero-order valence-electron chi connectivity index (χ0n) is 13.1. The number of rotatable bonds is 3. The monoisotopic (exact) mass is 314 g/mol. The van der Waals surface area contributed by atoms with Gasteiger partial charge in [0.15, 0.2) is 0 Å². The topological polar surface area (TPSA) is 81.3 Å². The molecule has 0 spiro atoms. The fraction of sp³-hybridized carbons (Fsp3) is 0.375. The van der Waals surface area contributed by atoms with E-state index in [-0.39, 0.29) is 24.3 Å². The molecule has 23 heavy (non-hydrogen) atoms. The minimum absolute atomic E-state index is 0.00164. The second-order valence-corrected chi connectivity index (χ2v) is 5.84. The van der Waals surface area contributed by atoms with E-state index in [0.717, 1.165) is 24.1 Å². The van der Waals surface area contributed by atoms with E-state index >= 15 is 0 Å². The molecule has 2 heterocycles. The highest BCUT2D eigenvalue weighted by molar-refractivity contribution is 5.95. The first kappa shape index (κ1) is 15.2. The third-order valence-electron chi connectivity index (χ3n) is 4.23. The molecule has 120 valence electrons. The van der Waals surface area contributed by atoms with E-state index in [1.165, 1.54) is 10.7 Å². The number of amides is 1. The van der Waals surface area contributed by atoms with Crippen LogP contribution >= 0.6 is 0 Å². The summed E-state index contributed by atoms with van der Waals surface area (Å²) in [6.45, 7) is 3.73. The maximum atomic E-state index is 12.8. The Hall–Kier alpha value is -2.70. The summed E-state index contributed by atoms with van der Waals surface area (Å²) in [5.74, 6) is -0.340. The number of nitrogens with zero attached hydrogens (tertiary/aromatic N) is 4. The van der Waals surface area contributed by atoms with Gasteiger partial charge in [0.2, 0.25) is 0 Å². The number of nitro groups is 1. The molecule has 1 amide bonds. The molecule has 0 bridgehead atoms. The Bertz CT molecular complexity index is 768. The van der Waals surface area contributed by atoms with Crippen LogP contribution in [0.4, 0.5) is 11.5 Å². The van der Waals surface area contributed by atoms with Crippen LogP contribution in [0.1, 0.15) is 24.6 Å². The average molecular weight is 314 g/mol. The predicted molar refractivity (Wildman–Crippen MR) is 85.3 cm³/mol. The number of fused-ring (bicyclic) bond motifs is 1. The molecular weight excluding hydrogens is 296 g/mol. The van der Waals surface area contributed by atoms with Crippen LogP contribution in [0.25, 0.3) is 0 Å². The van der Waals surface area contributed by atoms with Crippen LogP contribution in [0.2, 0.25) is 0 Å². The van der Waals surface area contributed by atoms with Crippen molar-refractivity contribution in [3.8, 4) is 0 Å². The van der Waals surface area contributed by atoms with Crippen LogP contribution in [0.3, 0.4) is 0 Å². The SMILES string of the molecule is Cc1cc([N+](=O)[O-])nn1CC(=O)N1c2ccccc2CCC1C. The number of hydrogen-bond acceptors (Lipinski definition) is 4. The Labute approximate surface area is 133 Å². The average Bonchev–Trinajstić information content (AvgIpc) is 2.88. The molecular formula is C16H18N4O3. The van der Waals surface area contributed by atoms with Crippen molar-refractivity contribution < 1.29 is 9.72 Å². The van der Waals surface area contributed by atoms with E-state index in [9.17, 15) is 14.9 Å². The van der Waals surface area contributed by atoms with Crippen molar-refractivity contribution in [1.29, 1.82) is 0 Å². The maximum absolute atomic E-state index is 12.8. The molecule has 7 nitrogen and oxygen atoms in total. The fourth-order valence-corrected chi connectivity index (χ4v) is 3.01. The summed E-state index contributed by atoms with van der Waals surface area (Å²) in [7, 11) is 0. The summed E-state index contributed by atoms with van der Waals surface area (Å²) in [4.78, 5) is 24.8. The first-order valence-corrected chi connectivity index (χ1v) is 7.56. The zero-order chi connectivity index (χ0) is 16.6. The van der Waals surface area contributed by atoms with Gasteiger partial charge in [-0.25, -0.2) is 0 Å². The largest absolute Gasteiger partial charge is 0.390 e. The molecule has 1 aliphatic heterocycles. The number of anilines is 1. The first-order chi connectivity index (χ1) is 11.0. The van der Waals surface area contributed by atoms with Gasteiger partial charge in [-0.2, -0.15) is 4.68 Å². The van der Waals surface area contributed by atoms with E-state index in [4.69, 9.17) is 0 Å². The predicted octanol–water partition coefficient (Wildman–Crippen LogP) is 2.47. The van der Waals surface area contributed by atoms with Gasteiger partial charge in [0.25, 0.3) is 5.91 Å². The summed E-state index contributed by atoms with van der Waals surface area (Å²) in [5.41, 5.74) is 2.68. The van der Waals surface area contributed by atoms with Crippen molar-refractivity contribution in [2.45, 2.75) is 39.3 Å². The highest BCUT2D eigenvalue weighted by Crippen LogP contribution is 2.30. The third-order valence-corrected chi connectivity index (χ3v) is 4.23. The molecule has 0 saturated carbocycles. The standard InChI is InChI=1S/C16H18N4O3/c1-11-7-8-13-5-3-4-6-14(13)19(11)16(21)10-18-12(2)9-15(17-18)20(22)23/h3-6,9,11H,7-8,10H2,1-2H3.